The molecule has 3 atom stereocenters. The Morgan fingerprint density at radius 1 is 1.25 bits per heavy atom. The van der Waals surface area contributed by atoms with Gasteiger partial charge < -0.3 is 14.4 Å². The van der Waals surface area contributed by atoms with E-state index in [1.165, 1.54) is 0 Å². The number of rotatable bonds is 4. The second kappa shape index (κ2) is 6.63. The van der Waals surface area contributed by atoms with Crippen LogP contribution in [0.5, 0.6) is 11.5 Å². The van der Waals surface area contributed by atoms with Crippen molar-refractivity contribution in [1.82, 2.24) is 4.90 Å². The lowest BCUT2D eigenvalue weighted by atomic mass is 10.1. The molecular formula is C17H23NO5S. The molecule has 0 spiro atoms. The van der Waals surface area contributed by atoms with Gasteiger partial charge in [0.15, 0.2) is 21.3 Å². The molecule has 2 aliphatic heterocycles. The number of benzene rings is 1. The average molecular weight is 353 g/mol. The van der Waals surface area contributed by atoms with Gasteiger partial charge in [-0.05, 0) is 31.9 Å². The summed E-state index contributed by atoms with van der Waals surface area (Å²) in [6, 6.07) is 6.98. The van der Waals surface area contributed by atoms with Crippen molar-refractivity contribution < 1.29 is 22.7 Å². The lowest BCUT2D eigenvalue weighted by Gasteiger charge is -2.36. The fraction of sp³-hybridized carbons (Fsp3) is 0.588. The SMILES string of the molecule is CCCN(C(=O)C1Oc2ccccc2OC1C)C1CCS(=O)(=O)C1. The van der Waals surface area contributed by atoms with E-state index >= 15 is 0 Å². The van der Waals surface area contributed by atoms with Crippen molar-refractivity contribution in [2.75, 3.05) is 18.1 Å². The standard InChI is InChI=1S/C17H23NO5S/c1-3-9-18(13-8-10-24(20,21)11-13)17(19)16-12(2)22-14-6-4-5-7-15(14)23-16/h4-7,12-13,16H,3,8-11H2,1-2H3. The zero-order chi connectivity index (χ0) is 17.3. The van der Waals surface area contributed by atoms with Crippen LogP contribution in [0.15, 0.2) is 24.3 Å². The lowest BCUT2D eigenvalue weighted by Crippen LogP contribution is -2.54. The zero-order valence-corrected chi connectivity index (χ0v) is 14.8. The molecule has 0 aliphatic carbocycles. The Bertz CT molecular complexity index is 717. The Kier molecular flexibility index (Phi) is 4.71. The van der Waals surface area contributed by atoms with Gasteiger partial charge >= 0.3 is 0 Å². The van der Waals surface area contributed by atoms with Crippen LogP contribution >= 0.6 is 0 Å². The summed E-state index contributed by atoms with van der Waals surface area (Å²) in [5, 5.41) is 0. The van der Waals surface area contributed by atoms with Crippen molar-refractivity contribution >= 4 is 15.7 Å². The van der Waals surface area contributed by atoms with E-state index in [-0.39, 0.29) is 23.5 Å². The molecule has 2 heterocycles. The van der Waals surface area contributed by atoms with Gasteiger partial charge in [-0.1, -0.05) is 19.1 Å². The Balaban J connectivity index is 1.80. The first-order valence-corrected chi connectivity index (χ1v) is 10.2. The van der Waals surface area contributed by atoms with Gasteiger partial charge in [0.25, 0.3) is 5.91 Å². The molecule has 1 fully saturated rings. The van der Waals surface area contributed by atoms with Crippen molar-refractivity contribution in [2.24, 2.45) is 0 Å². The second-order valence-corrected chi connectivity index (χ2v) is 8.63. The maximum Gasteiger partial charge on any atom is 0.267 e. The summed E-state index contributed by atoms with van der Waals surface area (Å²) in [5.41, 5.74) is 0. The number of hydrogen-bond acceptors (Lipinski definition) is 5. The number of ether oxygens (including phenoxy) is 2. The van der Waals surface area contributed by atoms with E-state index in [2.05, 4.69) is 0 Å². The molecule has 3 unspecified atom stereocenters. The third kappa shape index (κ3) is 3.36. The Morgan fingerprint density at radius 3 is 2.50 bits per heavy atom. The van der Waals surface area contributed by atoms with Crippen molar-refractivity contribution in [2.45, 2.75) is 44.9 Å². The number of amides is 1. The van der Waals surface area contributed by atoms with Gasteiger partial charge in [-0.3, -0.25) is 4.79 Å². The molecule has 0 saturated carbocycles. The van der Waals surface area contributed by atoms with Gasteiger partial charge in [-0.2, -0.15) is 0 Å². The minimum absolute atomic E-state index is 0.0390. The summed E-state index contributed by atoms with van der Waals surface area (Å²) >= 11 is 0. The zero-order valence-electron chi connectivity index (χ0n) is 14.0. The van der Waals surface area contributed by atoms with Crippen molar-refractivity contribution in [3.63, 3.8) is 0 Å². The Morgan fingerprint density at radius 2 is 1.92 bits per heavy atom. The Labute approximate surface area is 142 Å². The van der Waals surface area contributed by atoms with Crippen molar-refractivity contribution in [3.05, 3.63) is 24.3 Å². The average Bonchev–Trinajstić information content (AvgIpc) is 2.91. The molecule has 0 N–H and O–H groups in total. The molecule has 0 bridgehead atoms. The third-order valence-corrected chi connectivity index (χ3v) is 6.23. The predicted molar refractivity (Wildman–Crippen MR) is 90.0 cm³/mol. The van der Waals surface area contributed by atoms with Gasteiger partial charge in [0.1, 0.15) is 6.10 Å². The van der Waals surface area contributed by atoms with Gasteiger partial charge in [-0.25, -0.2) is 8.42 Å². The predicted octanol–water partition coefficient (Wildman–Crippen LogP) is 1.64. The number of nitrogens with zero attached hydrogens (tertiary/aromatic N) is 1. The van der Waals surface area contributed by atoms with Crippen molar-refractivity contribution in [3.8, 4) is 11.5 Å². The van der Waals surface area contributed by atoms with Crippen LogP contribution in [0.4, 0.5) is 0 Å². The number of sulfone groups is 1. The highest BCUT2D eigenvalue weighted by atomic mass is 32.2. The van der Waals surface area contributed by atoms with E-state index in [9.17, 15) is 13.2 Å². The third-order valence-electron chi connectivity index (χ3n) is 4.48. The first-order chi connectivity index (χ1) is 11.4. The van der Waals surface area contributed by atoms with Gasteiger partial charge in [-0.15, -0.1) is 0 Å². The van der Waals surface area contributed by atoms with Gasteiger partial charge in [0, 0.05) is 12.6 Å². The molecule has 2 aliphatic rings. The summed E-state index contributed by atoms with van der Waals surface area (Å²) in [6.07, 6.45) is 0.0764. The van der Waals surface area contributed by atoms with E-state index in [0.717, 1.165) is 6.42 Å². The molecular weight excluding hydrogens is 330 g/mol. The highest BCUT2D eigenvalue weighted by molar-refractivity contribution is 7.91. The van der Waals surface area contributed by atoms with Crippen molar-refractivity contribution in [1.29, 1.82) is 0 Å². The van der Waals surface area contributed by atoms with Crippen LogP contribution in [-0.2, 0) is 14.6 Å². The van der Waals surface area contributed by atoms with Crippen LogP contribution in [0.1, 0.15) is 26.7 Å². The summed E-state index contributed by atoms with van der Waals surface area (Å²) in [5.74, 6) is 1.16. The maximum absolute atomic E-state index is 13.0. The molecule has 3 rings (SSSR count). The van der Waals surface area contributed by atoms with Crippen LogP contribution in [0.3, 0.4) is 0 Å². The molecule has 0 radical (unpaired) electrons. The summed E-state index contributed by atoms with van der Waals surface area (Å²) in [7, 11) is -3.05. The maximum atomic E-state index is 13.0. The number of carbonyl (C=O) groups is 1. The molecule has 24 heavy (non-hydrogen) atoms. The van der Waals surface area contributed by atoms with Gasteiger partial charge in [0.05, 0.1) is 11.5 Å². The van der Waals surface area contributed by atoms with Crippen LogP contribution in [0.2, 0.25) is 0 Å². The van der Waals surface area contributed by atoms with E-state index in [1.54, 1.807) is 24.0 Å². The highest BCUT2D eigenvalue weighted by Gasteiger charge is 2.41. The van der Waals surface area contributed by atoms with Crippen LogP contribution in [0.25, 0.3) is 0 Å². The molecule has 1 aromatic carbocycles. The minimum Gasteiger partial charge on any atom is -0.482 e. The topological polar surface area (TPSA) is 72.9 Å². The largest absolute Gasteiger partial charge is 0.482 e. The summed E-state index contributed by atoms with van der Waals surface area (Å²) in [4.78, 5) is 14.7. The second-order valence-electron chi connectivity index (χ2n) is 6.40. The molecule has 132 valence electrons. The van der Waals surface area contributed by atoms with Gasteiger partial charge in [0.2, 0.25) is 6.10 Å². The fourth-order valence-corrected chi connectivity index (χ4v) is 5.02. The molecule has 0 aromatic heterocycles. The normalized spacial score (nSPS) is 27.7. The molecule has 1 aromatic rings. The smallest absolute Gasteiger partial charge is 0.267 e. The van der Waals surface area contributed by atoms with E-state index in [4.69, 9.17) is 9.47 Å². The quantitative estimate of drug-likeness (QED) is 0.823. The molecule has 1 amide bonds. The van der Waals surface area contributed by atoms with E-state index in [0.29, 0.717) is 24.5 Å². The van der Waals surface area contributed by atoms with Crippen LogP contribution in [-0.4, -0.2) is 55.5 Å². The number of para-hydroxylation sites is 2. The lowest BCUT2D eigenvalue weighted by molar-refractivity contribution is -0.146. The number of fused-ring (bicyclic) bond motifs is 1. The van der Waals surface area contributed by atoms with E-state index in [1.807, 2.05) is 19.1 Å². The summed E-state index contributed by atoms with van der Waals surface area (Å²) < 4.78 is 35.3. The molecule has 6 nitrogen and oxygen atoms in total. The summed E-state index contributed by atoms with van der Waals surface area (Å²) in [6.45, 7) is 4.29. The fourth-order valence-electron chi connectivity index (χ4n) is 3.29. The molecule has 1 saturated heterocycles. The number of carbonyl (C=O) groups excluding carboxylic acids is 1. The Hall–Kier alpha value is -1.76. The highest BCUT2D eigenvalue weighted by Crippen LogP contribution is 2.34. The minimum atomic E-state index is -3.05. The van der Waals surface area contributed by atoms with E-state index < -0.39 is 22.0 Å². The number of hydrogen-bond donors (Lipinski definition) is 0. The first kappa shape index (κ1) is 17.1. The first-order valence-electron chi connectivity index (χ1n) is 8.34. The van der Waals surface area contributed by atoms with Crippen LogP contribution < -0.4 is 9.47 Å². The molecule has 7 heteroatoms. The van der Waals surface area contributed by atoms with Crippen LogP contribution in [0, 0.1) is 0 Å². The monoisotopic (exact) mass is 353 g/mol.